The molecule has 2 N–H and O–H groups in total. The van der Waals surface area contributed by atoms with E-state index in [0.717, 1.165) is 35.0 Å². The van der Waals surface area contributed by atoms with Crippen molar-refractivity contribution in [2.75, 3.05) is 0 Å². The fourth-order valence-electron chi connectivity index (χ4n) is 3.34. The van der Waals surface area contributed by atoms with Crippen LogP contribution in [0.25, 0.3) is 26.3 Å². The van der Waals surface area contributed by atoms with Gasteiger partial charge < -0.3 is 5.32 Å². The van der Waals surface area contributed by atoms with Gasteiger partial charge in [-0.25, -0.2) is 9.78 Å². The third kappa shape index (κ3) is 4.59. The maximum atomic E-state index is 13.7. The molecule has 5 rings (SSSR count). The van der Waals surface area contributed by atoms with Crippen molar-refractivity contribution in [2.45, 2.75) is 36.2 Å². The Morgan fingerprint density at radius 2 is 1.94 bits per heavy atom. The highest BCUT2D eigenvalue weighted by atomic mass is 32.2. The van der Waals surface area contributed by atoms with Gasteiger partial charge in [0.2, 0.25) is 5.91 Å². The molecular weight excluding hydrogens is 476 g/mol. The van der Waals surface area contributed by atoms with Crippen LogP contribution in [0.4, 0.5) is 4.79 Å². The van der Waals surface area contributed by atoms with Crippen LogP contribution in [-0.2, 0) is 4.79 Å². The zero-order valence-electron chi connectivity index (χ0n) is 17.6. The van der Waals surface area contributed by atoms with Crippen molar-refractivity contribution in [3.8, 4) is 16.1 Å². The molecule has 3 aromatic heterocycles. The Bertz CT molecular complexity index is 1380. The minimum Gasteiger partial charge on any atom is -0.335 e. The zero-order valence-corrected chi connectivity index (χ0v) is 20.1. The van der Waals surface area contributed by atoms with Crippen LogP contribution in [0.15, 0.2) is 63.2 Å². The maximum absolute atomic E-state index is 13.7. The Morgan fingerprint density at radius 3 is 2.64 bits per heavy atom. The number of rotatable bonds is 6. The number of amides is 3. The lowest BCUT2D eigenvalue weighted by Crippen LogP contribution is -2.43. The second-order valence-corrected chi connectivity index (χ2v) is 10.8. The van der Waals surface area contributed by atoms with Crippen LogP contribution in [-0.4, -0.2) is 32.8 Å². The highest BCUT2D eigenvalue weighted by molar-refractivity contribution is 8.00. The minimum atomic E-state index is -0.633. The molecule has 0 spiro atoms. The van der Waals surface area contributed by atoms with Crippen molar-refractivity contribution < 1.29 is 9.59 Å². The molecule has 0 radical (unpaired) electrons. The van der Waals surface area contributed by atoms with Crippen molar-refractivity contribution in [1.29, 1.82) is 0 Å². The van der Waals surface area contributed by atoms with Crippen molar-refractivity contribution in [1.82, 2.24) is 20.2 Å². The van der Waals surface area contributed by atoms with Crippen LogP contribution in [0.2, 0.25) is 0 Å². The summed E-state index contributed by atoms with van der Waals surface area (Å²) in [6.07, 6.45) is 1.88. The highest BCUT2D eigenvalue weighted by Gasteiger charge is 2.26. The first kappa shape index (κ1) is 21.9. The summed E-state index contributed by atoms with van der Waals surface area (Å²) in [5.74, 6) is -0.433. The van der Waals surface area contributed by atoms with E-state index in [1.165, 1.54) is 11.3 Å². The van der Waals surface area contributed by atoms with Crippen LogP contribution in [0, 0.1) is 0 Å². The average Bonchev–Trinajstić information content (AvgIpc) is 3.26. The molecule has 1 aliphatic rings. The monoisotopic (exact) mass is 496 g/mol. The molecule has 1 aromatic carbocycles. The van der Waals surface area contributed by atoms with E-state index in [9.17, 15) is 14.4 Å². The van der Waals surface area contributed by atoms with Gasteiger partial charge in [-0.3, -0.25) is 19.5 Å². The number of nitrogens with zero attached hydrogens (tertiary/aromatic N) is 2. The predicted molar refractivity (Wildman–Crippen MR) is 134 cm³/mol. The van der Waals surface area contributed by atoms with Crippen molar-refractivity contribution in [3.63, 3.8) is 0 Å². The SMILES string of the molecule is CC(Sc1nc2scc(-c3cccs3)c2c(=O)n1-c1ccccc1)C(=O)NC(=O)NC1CC1. The number of para-hydroxylation sites is 1. The molecule has 33 heavy (non-hydrogen) atoms. The van der Waals surface area contributed by atoms with E-state index in [2.05, 4.69) is 10.6 Å². The lowest BCUT2D eigenvalue weighted by Gasteiger charge is -2.16. The molecule has 1 saturated carbocycles. The first-order valence-corrected chi connectivity index (χ1v) is 13.1. The third-order valence-electron chi connectivity index (χ3n) is 5.18. The smallest absolute Gasteiger partial charge is 0.321 e. The second-order valence-electron chi connectivity index (χ2n) is 7.67. The molecule has 3 heterocycles. The number of urea groups is 1. The molecule has 10 heteroatoms. The predicted octanol–water partition coefficient (Wildman–Crippen LogP) is 4.64. The van der Waals surface area contributed by atoms with E-state index >= 15 is 0 Å². The van der Waals surface area contributed by atoms with E-state index in [0.29, 0.717) is 21.1 Å². The van der Waals surface area contributed by atoms with Gasteiger partial charge in [-0.1, -0.05) is 36.0 Å². The molecule has 1 aliphatic carbocycles. The average molecular weight is 497 g/mol. The number of thioether (sulfide) groups is 1. The van der Waals surface area contributed by atoms with Gasteiger partial charge in [0.1, 0.15) is 4.83 Å². The molecular formula is C23H20N4O3S3. The Balaban J connectivity index is 1.53. The highest BCUT2D eigenvalue weighted by Crippen LogP contribution is 2.35. The van der Waals surface area contributed by atoms with Gasteiger partial charge in [-0.15, -0.1) is 22.7 Å². The van der Waals surface area contributed by atoms with Gasteiger partial charge in [0, 0.05) is 21.9 Å². The number of nitrogens with one attached hydrogen (secondary N) is 2. The molecule has 7 nitrogen and oxygen atoms in total. The lowest BCUT2D eigenvalue weighted by molar-refractivity contribution is -0.119. The van der Waals surface area contributed by atoms with Gasteiger partial charge in [-0.2, -0.15) is 0 Å². The van der Waals surface area contributed by atoms with E-state index in [1.54, 1.807) is 22.8 Å². The van der Waals surface area contributed by atoms with Crippen molar-refractivity contribution >= 4 is 56.6 Å². The van der Waals surface area contributed by atoms with Crippen LogP contribution in [0.3, 0.4) is 0 Å². The Hall–Kier alpha value is -2.95. The van der Waals surface area contributed by atoms with Gasteiger partial charge >= 0.3 is 6.03 Å². The molecule has 0 aliphatic heterocycles. The largest absolute Gasteiger partial charge is 0.335 e. The zero-order chi connectivity index (χ0) is 22.9. The number of carbonyl (C=O) groups excluding carboxylic acids is 2. The summed E-state index contributed by atoms with van der Waals surface area (Å²) in [5, 5.41) is 9.39. The summed E-state index contributed by atoms with van der Waals surface area (Å²) < 4.78 is 1.55. The van der Waals surface area contributed by atoms with Crippen molar-refractivity contribution in [2.24, 2.45) is 0 Å². The fraction of sp³-hybridized carbons (Fsp3) is 0.217. The summed E-state index contributed by atoms with van der Waals surface area (Å²) in [6.45, 7) is 1.70. The van der Waals surface area contributed by atoms with Gasteiger partial charge in [0.05, 0.1) is 16.3 Å². The number of hydrogen-bond donors (Lipinski definition) is 2. The Kier molecular flexibility index (Phi) is 6.05. The summed E-state index contributed by atoms with van der Waals surface area (Å²) in [7, 11) is 0. The maximum Gasteiger partial charge on any atom is 0.321 e. The first-order valence-electron chi connectivity index (χ1n) is 10.4. The summed E-state index contributed by atoms with van der Waals surface area (Å²) in [4.78, 5) is 44.7. The van der Waals surface area contributed by atoms with Gasteiger partial charge in [0.25, 0.3) is 5.56 Å². The number of carbonyl (C=O) groups is 2. The molecule has 0 bridgehead atoms. The van der Waals surface area contributed by atoms with Crippen molar-refractivity contribution in [3.05, 3.63) is 63.6 Å². The quantitative estimate of drug-likeness (QED) is 0.300. The van der Waals surface area contributed by atoms with E-state index in [4.69, 9.17) is 4.98 Å². The second kappa shape index (κ2) is 9.12. The van der Waals surface area contributed by atoms with Gasteiger partial charge in [-0.05, 0) is 43.3 Å². The van der Waals surface area contributed by atoms with Crippen LogP contribution < -0.4 is 16.2 Å². The number of imide groups is 1. The summed E-state index contributed by atoms with van der Waals surface area (Å²) in [6, 6.07) is 12.9. The normalized spacial score (nSPS) is 14.2. The molecule has 3 amide bonds. The molecule has 1 unspecified atom stereocenters. The fourth-order valence-corrected chi connectivity index (χ4v) is 6.07. The Morgan fingerprint density at radius 1 is 1.15 bits per heavy atom. The van der Waals surface area contributed by atoms with E-state index in [1.807, 2.05) is 53.2 Å². The molecule has 1 atom stereocenters. The Labute approximate surface area is 201 Å². The number of hydrogen-bond acceptors (Lipinski definition) is 7. The lowest BCUT2D eigenvalue weighted by atomic mass is 10.2. The third-order valence-corrected chi connectivity index (χ3v) is 8.01. The van der Waals surface area contributed by atoms with Gasteiger partial charge in [0.15, 0.2) is 5.16 Å². The standard InChI is InChI=1S/C23H20N4O3S3/c1-13(19(28)25-22(30)24-14-9-10-14)33-23-26-20-18(16(12-32-20)17-8-5-11-31-17)21(29)27(23)15-6-3-2-4-7-15/h2-8,11-14H,9-10H2,1H3,(H2,24,25,28,30). The number of benzene rings is 1. The molecule has 0 saturated heterocycles. The topological polar surface area (TPSA) is 93.1 Å². The molecule has 4 aromatic rings. The van der Waals surface area contributed by atoms with Crippen LogP contribution >= 0.6 is 34.4 Å². The van der Waals surface area contributed by atoms with E-state index in [-0.39, 0.29) is 11.6 Å². The first-order chi connectivity index (χ1) is 16.0. The minimum absolute atomic E-state index is 0.157. The van der Waals surface area contributed by atoms with E-state index < -0.39 is 17.2 Å². The van der Waals surface area contributed by atoms with Crippen LogP contribution in [0.5, 0.6) is 0 Å². The summed E-state index contributed by atoms with van der Waals surface area (Å²) >= 11 is 4.14. The number of fused-ring (bicyclic) bond motifs is 1. The van der Waals surface area contributed by atoms with Crippen LogP contribution in [0.1, 0.15) is 19.8 Å². The molecule has 168 valence electrons. The molecule has 1 fully saturated rings. The number of thiophene rings is 2. The summed E-state index contributed by atoms with van der Waals surface area (Å²) in [5.41, 5.74) is 1.35. The number of aromatic nitrogens is 2.